The fourth-order valence-electron chi connectivity index (χ4n) is 2.80. The fraction of sp³-hybridized carbons (Fsp3) is 0.600. The molecule has 0 saturated carbocycles. The van der Waals surface area contributed by atoms with Crippen molar-refractivity contribution in [3.05, 3.63) is 29.8 Å². The van der Waals surface area contributed by atoms with Crippen molar-refractivity contribution in [2.24, 2.45) is 0 Å². The zero-order chi connectivity index (χ0) is 15.5. The van der Waals surface area contributed by atoms with Crippen LogP contribution in [0.3, 0.4) is 0 Å². The Kier molecular flexibility index (Phi) is 5.37. The molecule has 1 unspecified atom stereocenters. The van der Waals surface area contributed by atoms with Crippen molar-refractivity contribution in [2.45, 2.75) is 30.7 Å². The predicted octanol–water partition coefficient (Wildman–Crippen LogP) is 0.936. The Bertz CT molecular complexity index is 557. The van der Waals surface area contributed by atoms with Gasteiger partial charge in [0.15, 0.2) is 0 Å². The number of sulfonamides is 1. The highest BCUT2D eigenvalue weighted by Gasteiger charge is 2.31. The molecule has 1 heterocycles. The molecule has 21 heavy (non-hydrogen) atoms. The van der Waals surface area contributed by atoms with Gasteiger partial charge in [0.05, 0.1) is 4.90 Å². The molecule has 1 aliphatic rings. The van der Waals surface area contributed by atoms with E-state index in [1.54, 1.807) is 28.6 Å². The van der Waals surface area contributed by atoms with E-state index < -0.39 is 10.0 Å². The third kappa shape index (κ3) is 3.83. The van der Waals surface area contributed by atoms with E-state index >= 15 is 0 Å². The number of hydrogen-bond donors (Lipinski definition) is 1. The standard InChI is InChI=1S/C15H24N2O3S/c1-13-12-16(2)9-3-10-17(13)21(19,20)15-6-4-14(5-7-15)8-11-18/h4-7,13,18H,3,8-12H2,1-2H3. The van der Waals surface area contributed by atoms with Crippen LogP contribution in [0.5, 0.6) is 0 Å². The topological polar surface area (TPSA) is 60.9 Å². The average Bonchev–Trinajstić information content (AvgIpc) is 2.60. The lowest BCUT2D eigenvalue weighted by atomic mass is 10.2. The maximum absolute atomic E-state index is 12.8. The van der Waals surface area contributed by atoms with Crippen molar-refractivity contribution in [1.82, 2.24) is 9.21 Å². The molecule has 1 aromatic rings. The second kappa shape index (κ2) is 6.87. The first-order chi connectivity index (χ1) is 9.95. The molecule has 0 amide bonds. The summed E-state index contributed by atoms with van der Waals surface area (Å²) < 4.78 is 27.2. The summed E-state index contributed by atoms with van der Waals surface area (Å²) in [6.45, 7) is 4.26. The molecule has 0 aliphatic carbocycles. The summed E-state index contributed by atoms with van der Waals surface area (Å²) in [5, 5.41) is 8.91. The summed E-state index contributed by atoms with van der Waals surface area (Å²) in [4.78, 5) is 2.51. The molecule has 1 aromatic carbocycles. The van der Waals surface area contributed by atoms with E-state index in [0.29, 0.717) is 17.9 Å². The van der Waals surface area contributed by atoms with Gasteiger partial charge in [0.1, 0.15) is 0 Å². The maximum atomic E-state index is 12.8. The fourth-order valence-corrected chi connectivity index (χ4v) is 4.46. The summed E-state index contributed by atoms with van der Waals surface area (Å²) in [5.74, 6) is 0. The number of aliphatic hydroxyl groups excluding tert-OH is 1. The van der Waals surface area contributed by atoms with Crippen LogP contribution in [0, 0.1) is 0 Å². The van der Waals surface area contributed by atoms with E-state index in [4.69, 9.17) is 5.11 Å². The second-order valence-electron chi connectivity index (χ2n) is 5.70. The van der Waals surface area contributed by atoms with Crippen molar-refractivity contribution in [2.75, 3.05) is 33.3 Å². The van der Waals surface area contributed by atoms with E-state index in [2.05, 4.69) is 4.90 Å². The van der Waals surface area contributed by atoms with Gasteiger partial charge in [-0.15, -0.1) is 0 Å². The van der Waals surface area contributed by atoms with Crippen LogP contribution in [-0.4, -0.2) is 62.1 Å². The molecule has 1 fully saturated rings. The highest BCUT2D eigenvalue weighted by molar-refractivity contribution is 7.89. The average molecular weight is 312 g/mol. The first kappa shape index (κ1) is 16.4. The van der Waals surface area contributed by atoms with Crippen LogP contribution in [0.2, 0.25) is 0 Å². The molecule has 1 atom stereocenters. The van der Waals surface area contributed by atoms with Crippen LogP contribution >= 0.6 is 0 Å². The predicted molar refractivity (Wildman–Crippen MR) is 82.7 cm³/mol. The lowest BCUT2D eigenvalue weighted by molar-refractivity contribution is 0.290. The van der Waals surface area contributed by atoms with Gasteiger partial charge in [-0.25, -0.2) is 8.42 Å². The minimum absolute atomic E-state index is 0.0281. The van der Waals surface area contributed by atoms with Gasteiger partial charge in [-0.05, 0) is 51.1 Å². The molecule has 1 aliphatic heterocycles. The van der Waals surface area contributed by atoms with E-state index in [9.17, 15) is 8.42 Å². The van der Waals surface area contributed by atoms with Crippen molar-refractivity contribution in [1.29, 1.82) is 0 Å². The van der Waals surface area contributed by atoms with Gasteiger partial charge in [-0.2, -0.15) is 4.31 Å². The van der Waals surface area contributed by atoms with Gasteiger partial charge >= 0.3 is 0 Å². The summed E-state index contributed by atoms with van der Waals surface area (Å²) in [6.07, 6.45) is 1.40. The first-order valence-electron chi connectivity index (χ1n) is 7.35. The van der Waals surface area contributed by atoms with Crippen LogP contribution in [0.1, 0.15) is 18.9 Å². The Morgan fingerprint density at radius 1 is 1.24 bits per heavy atom. The molecule has 0 spiro atoms. The van der Waals surface area contributed by atoms with Gasteiger partial charge in [0, 0.05) is 25.7 Å². The molecule has 5 nitrogen and oxygen atoms in total. The van der Waals surface area contributed by atoms with Crippen molar-refractivity contribution < 1.29 is 13.5 Å². The Labute approximate surface area is 127 Å². The summed E-state index contributed by atoms with van der Waals surface area (Å²) in [6, 6.07) is 6.80. The highest BCUT2D eigenvalue weighted by Crippen LogP contribution is 2.21. The molecule has 2 rings (SSSR count). The molecular weight excluding hydrogens is 288 g/mol. The smallest absolute Gasteiger partial charge is 0.243 e. The number of likely N-dealkylation sites (N-methyl/N-ethyl adjacent to an activating group) is 1. The quantitative estimate of drug-likeness (QED) is 0.899. The zero-order valence-electron chi connectivity index (χ0n) is 12.7. The van der Waals surface area contributed by atoms with E-state index in [1.807, 2.05) is 14.0 Å². The number of rotatable bonds is 4. The highest BCUT2D eigenvalue weighted by atomic mass is 32.2. The zero-order valence-corrected chi connectivity index (χ0v) is 13.5. The van der Waals surface area contributed by atoms with Crippen LogP contribution in [0.25, 0.3) is 0 Å². The van der Waals surface area contributed by atoms with E-state index in [1.165, 1.54) is 0 Å². The normalized spacial score (nSPS) is 22.1. The minimum Gasteiger partial charge on any atom is -0.396 e. The molecular formula is C15H24N2O3S. The molecule has 6 heteroatoms. The third-order valence-corrected chi connectivity index (χ3v) is 5.94. The maximum Gasteiger partial charge on any atom is 0.243 e. The summed E-state index contributed by atoms with van der Waals surface area (Å²) in [7, 11) is -1.42. The van der Waals surface area contributed by atoms with E-state index in [0.717, 1.165) is 25.1 Å². The molecule has 0 radical (unpaired) electrons. The number of benzene rings is 1. The van der Waals surface area contributed by atoms with Crippen molar-refractivity contribution >= 4 is 10.0 Å². The third-order valence-electron chi connectivity index (χ3n) is 3.92. The lowest BCUT2D eigenvalue weighted by Crippen LogP contribution is -2.41. The molecule has 118 valence electrons. The summed E-state index contributed by atoms with van der Waals surface area (Å²) in [5.41, 5.74) is 0.945. The minimum atomic E-state index is -3.45. The Morgan fingerprint density at radius 2 is 1.90 bits per heavy atom. The van der Waals surface area contributed by atoms with Crippen LogP contribution < -0.4 is 0 Å². The number of aliphatic hydroxyl groups is 1. The van der Waals surface area contributed by atoms with Crippen molar-refractivity contribution in [3.63, 3.8) is 0 Å². The van der Waals surface area contributed by atoms with Crippen LogP contribution in [-0.2, 0) is 16.4 Å². The van der Waals surface area contributed by atoms with Crippen molar-refractivity contribution in [3.8, 4) is 0 Å². The van der Waals surface area contributed by atoms with Gasteiger partial charge in [-0.1, -0.05) is 12.1 Å². The second-order valence-corrected chi connectivity index (χ2v) is 7.59. The number of nitrogens with zero attached hydrogens (tertiary/aromatic N) is 2. The Hall–Kier alpha value is -0.950. The largest absolute Gasteiger partial charge is 0.396 e. The van der Waals surface area contributed by atoms with E-state index in [-0.39, 0.29) is 12.6 Å². The Morgan fingerprint density at radius 3 is 2.52 bits per heavy atom. The van der Waals surface area contributed by atoms with Gasteiger partial charge < -0.3 is 10.0 Å². The molecule has 1 saturated heterocycles. The molecule has 0 aromatic heterocycles. The molecule has 0 bridgehead atoms. The molecule has 1 N–H and O–H groups in total. The van der Waals surface area contributed by atoms with Gasteiger partial charge in [-0.3, -0.25) is 0 Å². The van der Waals surface area contributed by atoms with Crippen LogP contribution in [0.4, 0.5) is 0 Å². The monoisotopic (exact) mass is 312 g/mol. The first-order valence-corrected chi connectivity index (χ1v) is 8.79. The lowest BCUT2D eigenvalue weighted by Gasteiger charge is -2.27. The number of hydrogen-bond acceptors (Lipinski definition) is 4. The SMILES string of the molecule is CC1CN(C)CCCN1S(=O)(=O)c1ccc(CCO)cc1. The Balaban J connectivity index is 2.23. The van der Waals surface area contributed by atoms with Gasteiger partial charge in [0.25, 0.3) is 0 Å². The van der Waals surface area contributed by atoms with Gasteiger partial charge in [0.2, 0.25) is 10.0 Å². The van der Waals surface area contributed by atoms with Crippen LogP contribution in [0.15, 0.2) is 29.2 Å². The summed E-state index contributed by atoms with van der Waals surface area (Å²) >= 11 is 0.